The first-order chi connectivity index (χ1) is 9.41. The van der Waals surface area contributed by atoms with E-state index < -0.39 is 48.1 Å². The van der Waals surface area contributed by atoms with Gasteiger partial charge in [0.25, 0.3) is 0 Å². The number of aliphatic hydroxyl groups is 2. The third kappa shape index (κ3) is 3.66. The number of halogens is 6. The van der Waals surface area contributed by atoms with Gasteiger partial charge in [-0.1, -0.05) is 0 Å². The Morgan fingerprint density at radius 1 is 1.19 bits per heavy atom. The zero-order valence-electron chi connectivity index (χ0n) is 10.7. The van der Waals surface area contributed by atoms with Crippen molar-refractivity contribution in [2.24, 2.45) is 12.8 Å². The molecule has 0 saturated heterocycles. The van der Waals surface area contributed by atoms with Gasteiger partial charge in [0.15, 0.2) is 5.69 Å². The van der Waals surface area contributed by atoms with E-state index in [1.54, 1.807) is 0 Å². The Kier molecular flexibility index (Phi) is 4.90. The molecule has 1 heterocycles. The smallest absolute Gasteiger partial charge is 0.396 e. The third-order valence-corrected chi connectivity index (χ3v) is 2.78. The molecule has 0 radical (unpaired) electrons. The number of aliphatic hydroxyl groups excluding tert-OH is 2. The Morgan fingerprint density at radius 3 is 2.10 bits per heavy atom. The predicted molar refractivity (Wildman–Crippen MR) is 57.9 cm³/mol. The second kappa shape index (κ2) is 5.81. The van der Waals surface area contributed by atoms with Crippen LogP contribution in [-0.2, 0) is 19.4 Å². The zero-order chi connectivity index (χ0) is 16.6. The summed E-state index contributed by atoms with van der Waals surface area (Å²) in [6.45, 7) is -0.596. The summed E-state index contributed by atoms with van der Waals surface area (Å²) in [5.41, 5.74) is 0.305. The molecule has 1 aromatic rings. The summed E-state index contributed by atoms with van der Waals surface area (Å²) in [5.74, 6) is 0. The molecule has 0 bridgehead atoms. The summed E-state index contributed by atoms with van der Waals surface area (Å²) in [5, 5.41) is 21.2. The molecule has 0 aliphatic carbocycles. The average molecular weight is 321 g/mol. The van der Waals surface area contributed by atoms with E-state index in [1.807, 2.05) is 0 Å². The first kappa shape index (κ1) is 17.7. The number of nitrogens with two attached hydrogens (primary N) is 1. The molecule has 122 valence electrons. The molecule has 0 saturated carbocycles. The molecule has 1 rings (SSSR count). The van der Waals surface area contributed by atoms with Crippen LogP contribution in [0.3, 0.4) is 0 Å². The van der Waals surface area contributed by atoms with Crippen LogP contribution in [0.5, 0.6) is 0 Å². The monoisotopic (exact) mass is 321 g/mol. The maximum atomic E-state index is 12.9. The Hall–Kier alpha value is -1.33. The maximum Gasteiger partial charge on any atom is 0.435 e. The van der Waals surface area contributed by atoms with Gasteiger partial charge in [-0.2, -0.15) is 31.4 Å². The van der Waals surface area contributed by atoms with Crippen molar-refractivity contribution >= 4 is 0 Å². The number of aryl methyl sites for hydroxylation is 1. The Labute approximate surface area is 115 Å². The van der Waals surface area contributed by atoms with Crippen LogP contribution in [0.15, 0.2) is 0 Å². The zero-order valence-corrected chi connectivity index (χ0v) is 10.7. The molecule has 2 atom stereocenters. The molecule has 0 amide bonds. The van der Waals surface area contributed by atoms with E-state index in [2.05, 4.69) is 5.10 Å². The van der Waals surface area contributed by atoms with Crippen molar-refractivity contribution in [2.75, 3.05) is 6.61 Å². The van der Waals surface area contributed by atoms with E-state index in [4.69, 9.17) is 10.8 Å². The molecule has 2 unspecified atom stereocenters. The SMILES string of the molecule is Cn1nc(C(F)(F)F)c(C(O)C(N)CCO)c1C(F)(F)F. The third-order valence-electron chi connectivity index (χ3n) is 2.78. The van der Waals surface area contributed by atoms with Gasteiger partial charge in [-0.25, -0.2) is 0 Å². The first-order valence-corrected chi connectivity index (χ1v) is 5.67. The van der Waals surface area contributed by atoms with Crippen LogP contribution >= 0.6 is 0 Å². The summed E-state index contributed by atoms with van der Waals surface area (Å²) in [6.07, 6.45) is -13.0. The van der Waals surface area contributed by atoms with Crippen molar-refractivity contribution in [3.63, 3.8) is 0 Å². The van der Waals surface area contributed by atoms with Gasteiger partial charge in [0.05, 0.1) is 6.10 Å². The summed E-state index contributed by atoms with van der Waals surface area (Å²) in [6, 6.07) is -1.50. The van der Waals surface area contributed by atoms with Gasteiger partial charge in [0.2, 0.25) is 0 Å². The van der Waals surface area contributed by atoms with E-state index in [1.165, 1.54) is 0 Å². The van der Waals surface area contributed by atoms with Crippen molar-refractivity contribution in [2.45, 2.75) is 30.9 Å². The Morgan fingerprint density at radius 2 is 1.71 bits per heavy atom. The molecule has 0 spiro atoms. The van der Waals surface area contributed by atoms with Crippen molar-refractivity contribution in [1.82, 2.24) is 9.78 Å². The summed E-state index contributed by atoms with van der Waals surface area (Å²) >= 11 is 0. The Bertz CT molecular complexity index is 496. The van der Waals surface area contributed by atoms with Gasteiger partial charge in [0.1, 0.15) is 5.69 Å². The molecular weight excluding hydrogens is 308 g/mol. The molecule has 0 aliphatic rings. The number of rotatable bonds is 4. The van der Waals surface area contributed by atoms with Gasteiger partial charge in [-0.3, -0.25) is 4.68 Å². The fourth-order valence-electron chi connectivity index (χ4n) is 1.89. The number of hydrogen-bond donors (Lipinski definition) is 3. The minimum Gasteiger partial charge on any atom is -0.396 e. The maximum absolute atomic E-state index is 12.9. The predicted octanol–water partition coefficient (Wildman–Crippen LogP) is 1.20. The molecule has 5 nitrogen and oxygen atoms in total. The van der Waals surface area contributed by atoms with E-state index in [0.29, 0.717) is 7.05 Å². The van der Waals surface area contributed by atoms with Gasteiger partial charge in [0, 0.05) is 25.3 Å². The molecule has 0 aromatic carbocycles. The lowest BCUT2D eigenvalue weighted by Crippen LogP contribution is -2.32. The van der Waals surface area contributed by atoms with Gasteiger partial charge < -0.3 is 15.9 Å². The van der Waals surface area contributed by atoms with Crippen LogP contribution in [0.25, 0.3) is 0 Å². The molecule has 11 heteroatoms. The van der Waals surface area contributed by atoms with E-state index in [-0.39, 0.29) is 11.1 Å². The van der Waals surface area contributed by atoms with Gasteiger partial charge in [-0.05, 0) is 6.42 Å². The molecular formula is C10H13F6N3O2. The number of alkyl halides is 6. The van der Waals surface area contributed by atoms with Crippen LogP contribution in [0.1, 0.15) is 29.5 Å². The van der Waals surface area contributed by atoms with Crippen molar-refractivity contribution < 1.29 is 36.6 Å². The fourth-order valence-corrected chi connectivity index (χ4v) is 1.89. The lowest BCUT2D eigenvalue weighted by Gasteiger charge is -2.21. The molecule has 4 N–H and O–H groups in total. The van der Waals surface area contributed by atoms with E-state index in [0.717, 1.165) is 0 Å². The highest BCUT2D eigenvalue weighted by atomic mass is 19.4. The van der Waals surface area contributed by atoms with E-state index >= 15 is 0 Å². The van der Waals surface area contributed by atoms with Gasteiger partial charge >= 0.3 is 12.4 Å². The number of nitrogens with zero attached hydrogens (tertiary/aromatic N) is 2. The van der Waals surface area contributed by atoms with Crippen LogP contribution in [0.4, 0.5) is 26.3 Å². The first-order valence-electron chi connectivity index (χ1n) is 5.67. The second-order valence-electron chi connectivity index (χ2n) is 4.35. The highest BCUT2D eigenvalue weighted by molar-refractivity contribution is 5.33. The highest BCUT2D eigenvalue weighted by Crippen LogP contribution is 2.42. The largest absolute Gasteiger partial charge is 0.435 e. The minimum atomic E-state index is -5.18. The molecule has 1 aromatic heterocycles. The van der Waals surface area contributed by atoms with Crippen LogP contribution in [0, 0.1) is 0 Å². The summed E-state index contributed by atoms with van der Waals surface area (Å²) < 4.78 is 77.1. The normalized spacial score (nSPS) is 16.1. The highest BCUT2D eigenvalue weighted by Gasteiger charge is 2.48. The lowest BCUT2D eigenvalue weighted by molar-refractivity contribution is -0.147. The minimum absolute atomic E-state index is 0.00699. The summed E-state index contributed by atoms with van der Waals surface area (Å²) in [4.78, 5) is 0. The lowest BCUT2D eigenvalue weighted by atomic mass is 9.97. The van der Waals surface area contributed by atoms with Crippen molar-refractivity contribution in [3.05, 3.63) is 17.0 Å². The quantitative estimate of drug-likeness (QED) is 0.728. The molecule has 21 heavy (non-hydrogen) atoms. The van der Waals surface area contributed by atoms with Crippen molar-refractivity contribution in [1.29, 1.82) is 0 Å². The standard InChI is InChI=1S/C10H13F6N3O2/c1-19-8(10(14,15)16)5(6(21)4(17)2-3-20)7(18-19)9(11,12)13/h4,6,20-21H,2-3,17H2,1H3. The fraction of sp³-hybridized carbons (Fsp3) is 0.700. The number of hydrogen-bond acceptors (Lipinski definition) is 4. The van der Waals surface area contributed by atoms with Crippen LogP contribution < -0.4 is 5.73 Å². The van der Waals surface area contributed by atoms with Crippen LogP contribution in [-0.4, -0.2) is 32.6 Å². The summed E-state index contributed by atoms with van der Waals surface area (Å²) in [7, 11) is 0.686. The van der Waals surface area contributed by atoms with Crippen molar-refractivity contribution in [3.8, 4) is 0 Å². The molecule has 0 aliphatic heterocycles. The second-order valence-corrected chi connectivity index (χ2v) is 4.35. The Balaban J connectivity index is 3.51. The average Bonchev–Trinajstić information content (AvgIpc) is 2.65. The topological polar surface area (TPSA) is 84.3 Å². The van der Waals surface area contributed by atoms with E-state index in [9.17, 15) is 31.4 Å². The molecule has 0 fully saturated rings. The number of aromatic nitrogens is 2. The van der Waals surface area contributed by atoms with Crippen LogP contribution in [0.2, 0.25) is 0 Å². The van der Waals surface area contributed by atoms with Gasteiger partial charge in [-0.15, -0.1) is 0 Å².